The van der Waals surface area contributed by atoms with E-state index in [4.69, 9.17) is 4.42 Å². The lowest BCUT2D eigenvalue weighted by molar-refractivity contribution is 0.182. The van der Waals surface area contributed by atoms with Crippen molar-refractivity contribution in [1.29, 1.82) is 0 Å². The highest BCUT2D eigenvalue weighted by atomic mass is 16.4. The van der Waals surface area contributed by atoms with Gasteiger partial charge in [0.25, 0.3) is 0 Å². The lowest BCUT2D eigenvalue weighted by Gasteiger charge is -2.21. The Morgan fingerprint density at radius 3 is 2.60 bits per heavy atom. The van der Waals surface area contributed by atoms with Gasteiger partial charge in [0, 0.05) is 13.0 Å². The van der Waals surface area contributed by atoms with E-state index in [1.54, 1.807) is 0 Å². The van der Waals surface area contributed by atoms with E-state index in [2.05, 4.69) is 18.8 Å². The van der Waals surface area contributed by atoms with Crippen molar-refractivity contribution in [2.45, 2.75) is 58.8 Å². The van der Waals surface area contributed by atoms with Gasteiger partial charge in [-0.05, 0) is 24.2 Å². The summed E-state index contributed by atoms with van der Waals surface area (Å²) in [6.45, 7) is 4.31. The third kappa shape index (κ3) is 3.98. The normalized spacial score (nSPS) is 18.6. The van der Waals surface area contributed by atoms with Crippen molar-refractivity contribution in [1.82, 2.24) is 4.98 Å². The molecule has 1 aliphatic rings. The van der Waals surface area contributed by atoms with Gasteiger partial charge < -0.3 is 9.52 Å². The van der Waals surface area contributed by atoms with Crippen LogP contribution in [0.2, 0.25) is 0 Å². The molecule has 0 spiro atoms. The fraction of sp³-hybridized carbons (Fsp3) is 0.812. The summed E-state index contributed by atoms with van der Waals surface area (Å²) in [4.78, 5) is 14.4. The SMILES string of the molecule is CC(C)C(CO)Cc1oc(=O)[nH]c1CC1CCCCC1. The van der Waals surface area contributed by atoms with Gasteiger partial charge in [-0.25, -0.2) is 4.79 Å². The molecule has 2 rings (SSSR count). The lowest BCUT2D eigenvalue weighted by atomic mass is 9.85. The maximum Gasteiger partial charge on any atom is 0.416 e. The number of aliphatic hydroxyl groups is 1. The summed E-state index contributed by atoms with van der Waals surface area (Å²) in [5.74, 6) is 1.60. The first-order valence-electron chi connectivity index (χ1n) is 7.91. The molecular weight excluding hydrogens is 254 g/mol. The molecule has 1 unspecified atom stereocenters. The first-order valence-corrected chi connectivity index (χ1v) is 7.91. The molecular formula is C16H27NO3. The molecule has 4 nitrogen and oxygen atoms in total. The minimum Gasteiger partial charge on any atom is -0.413 e. The topological polar surface area (TPSA) is 66.2 Å². The van der Waals surface area contributed by atoms with Crippen molar-refractivity contribution >= 4 is 0 Å². The lowest BCUT2D eigenvalue weighted by Crippen LogP contribution is -2.17. The summed E-state index contributed by atoms with van der Waals surface area (Å²) in [7, 11) is 0. The van der Waals surface area contributed by atoms with Gasteiger partial charge in [-0.3, -0.25) is 4.98 Å². The maximum atomic E-state index is 11.5. The highest BCUT2D eigenvalue weighted by molar-refractivity contribution is 5.09. The van der Waals surface area contributed by atoms with Gasteiger partial charge in [-0.15, -0.1) is 0 Å². The molecule has 1 aromatic heterocycles. The molecule has 1 aliphatic carbocycles. The number of rotatable bonds is 6. The molecule has 2 N–H and O–H groups in total. The van der Waals surface area contributed by atoms with Crippen LogP contribution in [0.25, 0.3) is 0 Å². The zero-order chi connectivity index (χ0) is 14.5. The Bertz CT molecular complexity index is 455. The molecule has 114 valence electrons. The van der Waals surface area contributed by atoms with Crippen LogP contribution in [0.5, 0.6) is 0 Å². The van der Waals surface area contributed by atoms with Crippen LogP contribution in [-0.4, -0.2) is 16.7 Å². The molecule has 1 fully saturated rings. The Balaban J connectivity index is 2.06. The molecule has 0 amide bonds. The second-order valence-electron chi connectivity index (χ2n) is 6.52. The molecule has 0 aliphatic heterocycles. The van der Waals surface area contributed by atoms with Crippen LogP contribution in [0.4, 0.5) is 0 Å². The average Bonchev–Trinajstić information content (AvgIpc) is 2.76. The number of aromatic amines is 1. The molecule has 1 aromatic rings. The predicted molar refractivity (Wildman–Crippen MR) is 78.7 cm³/mol. The van der Waals surface area contributed by atoms with Crippen molar-refractivity contribution in [2.75, 3.05) is 6.61 Å². The molecule has 1 saturated carbocycles. The van der Waals surface area contributed by atoms with Crippen LogP contribution in [0.3, 0.4) is 0 Å². The Kier molecular flexibility index (Phi) is 5.46. The minimum absolute atomic E-state index is 0.134. The van der Waals surface area contributed by atoms with E-state index in [9.17, 15) is 9.90 Å². The summed E-state index contributed by atoms with van der Waals surface area (Å²) in [5, 5.41) is 9.45. The van der Waals surface area contributed by atoms with Gasteiger partial charge in [0.05, 0.1) is 5.69 Å². The van der Waals surface area contributed by atoms with Crippen LogP contribution in [0.15, 0.2) is 9.21 Å². The minimum atomic E-state index is -0.355. The fourth-order valence-corrected chi connectivity index (χ4v) is 3.15. The zero-order valence-electron chi connectivity index (χ0n) is 12.7. The molecule has 20 heavy (non-hydrogen) atoms. The molecule has 1 heterocycles. The van der Waals surface area contributed by atoms with Crippen LogP contribution < -0.4 is 5.76 Å². The second-order valence-corrected chi connectivity index (χ2v) is 6.52. The number of H-pyrrole nitrogens is 1. The third-order valence-electron chi connectivity index (χ3n) is 4.65. The van der Waals surface area contributed by atoms with Crippen LogP contribution in [-0.2, 0) is 12.8 Å². The monoisotopic (exact) mass is 281 g/mol. The molecule has 4 heteroatoms. The number of aliphatic hydroxyl groups excluding tert-OH is 1. The predicted octanol–water partition coefficient (Wildman–Crippen LogP) is 2.90. The van der Waals surface area contributed by atoms with Crippen molar-refractivity contribution in [3.8, 4) is 0 Å². The summed E-state index contributed by atoms with van der Waals surface area (Å²) in [5.41, 5.74) is 0.959. The second kappa shape index (κ2) is 7.11. The van der Waals surface area contributed by atoms with Gasteiger partial charge in [0.2, 0.25) is 0 Å². The van der Waals surface area contributed by atoms with E-state index in [0.29, 0.717) is 18.3 Å². The Morgan fingerprint density at radius 2 is 2.00 bits per heavy atom. The molecule has 1 atom stereocenters. The summed E-state index contributed by atoms with van der Waals surface area (Å²) < 4.78 is 5.32. The molecule has 0 radical (unpaired) electrons. The summed E-state index contributed by atoms with van der Waals surface area (Å²) in [6, 6.07) is 0. The Labute approximate surface area is 120 Å². The van der Waals surface area contributed by atoms with Gasteiger partial charge in [-0.2, -0.15) is 0 Å². The maximum absolute atomic E-state index is 11.5. The number of hydrogen-bond donors (Lipinski definition) is 2. The molecule has 0 saturated heterocycles. The van der Waals surface area contributed by atoms with Gasteiger partial charge in [0.15, 0.2) is 0 Å². The summed E-state index contributed by atoms with van der Waals surface area (Å²) >= 11 is 0. The smallest absolute Gasteiger partial charge is 0.413 e. The van der Waals surface area contributed by atoms with Crippen LogP contribution >= 0.6 is 0 Å². The molecule has 0 bridgehead atoms. The standard InChI is InChI=1S/C16H27NO3/c1-11(2)13(10-18)9-15-14(17-16(19)20-15)8-12-6-4-3-5-7-12/h11-13,18H,3-10H2,1-2H3,(H,17,19). The number of nitrogens with one attached hydrogen (secondary N) is 1. The van der Waals surface area contributed by atoms with E-state index in [-0.39, 0.29) is 18.3 Å². The van der Waals surface area contributed by atoms with Gasteiger partial charge >= 0.3 is 5.76 Å². The Hall–Kier alpha value is -1.03. The largest absolute Gasteiger partial charge is 0.416 e. The number of hydrogen-bond acceptors (Lipinski definition) is 3. The van der Waals surface area contributed by atoms with E-state index >= 15 is 0 Å². The van der Waals surface area contributed by atoms with E-state index < -0.39 is 0 Å². The van der Waals surface area contributed by atoms with Gasteiger partial charge in [-0.1, -0.05) is 46.0 Å². The molecule has 0 aromatic carbocycles. The highest BCUT2D eigenvalue weighted by Gasteiger charge is 2.22. The first kappa shape index (κ1) is 15.4. The third-order valence-corrected chi connectivity index (χ3v) is 4.65. The quantitative estimate of drug-likeness (QED) is 0.842. The number of aromatic nitrogens is 1. The average molecular weight is 281 g/mol. The van der Waals surface area contributed by atoms with E-state index in [1.807, 2.05) is 0 Å². The highest BCUT2D eigenvalue weighted by Crippen LogP contribution is 2.28. The van der Waals surface area contributed by atoms with Crippen molar-refractivity contribution < 1.29 is 9.52 Å². The number of oxazole rings is 1. The summed E-state index contributed by atoms with van der Waals surface area (Å²) in [6.07, 6.45) is 8.00. The fourth-order valence-electron chi connectivity index (χ4n) is 3.15. The zero-order valence-corrected chi connectivity index (χ0v) is 12.7. The van der Waals surface area contributed by atoms with Crippen molar-refractivity contribution in [3.63, 3.8) is 0 Å². The van der Waals surface area contributed by atoms with Crippen LogP contribution in [0.1, 0.15) is 57.4 Å². The first-order chi connectivity index (χ1) is 9.60. The van der Waals surface area contributed by atoms with Crippen molar-refractivity contribution in [2.24, 2.45) is 17.8 Å². The van der Waals surface area contributed by atoms with Crippen molar-refractivity contribution in [3.05, 3.63) is 22.0 Å². The Morgan fingerprint density at radius 1 is 1.30 bits per heavy atom. The van der Waals surface area contributed by atoms with Gasteiger partial charge in [0.1, 0.15) is 5.76 Å². The van der Waals surface area contributed by atoms with E-state index in [0.717, 1.165) is 17.9 Å². The van der Waals surface area contributed by atoms with E-state index in [1.165, 1.54) is 32.1 Å². The van der Waals surface area contributed by atoms with Crippen LogP contribution in [0, 0.1) is 17.8 Å².